The second-order valence-corrected chi connectivity index (χ2v) is 19.2. The summed E-state index contributed by atoms with van der Waals surface area (Å²) in [7, 11) is 3.29. The van der Waals surface area contributed by atoms with E-state index in [2.05, 4.69) is 54.2 Å². The third kappa shape index (κ3) is 9.61. The van der Waals surface area contributed by atoms with Gasteiger partial charge in [-0.25, -0.2) is 14.8 Å². The molecule has 3 aromatic heterocycles. The third-order valence-corrected chi connectivity index (χ3v) is 13.7. The largest absolute Gasteiger partial charge is 0.465 e. The number of benzene rings is 1. The van der Waals surface area contributed by atoms with Crippen LogP contribution < -0.4 is 16.3 Å². The topological polar surface area (TPSA) is 163 Å². The fourth-order valence-corrected chi connectivity index (χ4v) is 10.3. The molecule has 15 nitrogen and oxygen atoms in total. The Labute approximate surface area is 373 Å². The molecule has 4 aromatic rings. The van der Waals surface area contributed by atoms with Crippen molar-refractivity contribution in [2.45, 2.75) is 104 Å². The molecule has 4 bridgehead atoms. The van der Waals surface area contributed by atoms with Gasteiger partial charge >= 0.3 is 12.0 Å². The number of carbonyl (C=O) groups is 4. The van der Waals surface area contributed by atoms with Gasteiger partial charge in [-0.15, -0.1) is 15.8 Å². The molecule has 63 heavy (non-hydrogen) atoms. The van der Waals surface area contributed by atoms with Crippen molar-refractivity contribution in [3.8, 4) is 22.5 Å². The Hall–Kier alpha value is -4.97. The highest BCUT2D eigenvalue weighted by molar-refractivity contribution is 7.10. The lowest BCUT2D eigenvalue weighted by Crippen LogP contribution is -2.64. The number of fused-ring (bicyclic) bond motifs is 5. The molecule has 7 rings (SSSR count). The normalized spacial score (nSPS) is 21.8. The number of hydrogen-bond acceptors (Lipinski definition) is 11. The smallest absolute Gasteiger partial charge is 0.320 e. The number of cyclic esters (lactones) is 1. The fourth-order valence-electron chi connectivity index (χ4n) is 9.41. The van der Waals surface area contributed by atoms with Crippen LogP contribution >= 0.6 is 11.3 Å². The summed E-state index contributed by atoms with van der Waals surface area (Å²) in [5, 5.41) is 10.6. The number of carbonyl (C=O) groups excluding carboxylic acids is 4. The summed E-state index contributed by atoms with van der Waals surface area (Å²) in [5.41, 5.74) is 7.50. The molecule has 4 amide bonds. The van der Waals surface area contributed by atoms with Crippen LogP contribution in [0, 0.1) is 17.3 Å². The molecule has 3 aliphatic heterocycles. The second-order valence-electron chi connectivity index (χ2n) is 18.3. The van der Waals surface area contributed by atoms with Crippen LogP contribution in [-0.4, -0.2) is 118 Å². The molecule has 17 heteroatoms. The first-order valence-electron chi connectivity index (χ1n) is 22.1. The first-order valence-corrected chi connectivity index (χ1v) is 23.0. The van der Waals surface area contributed by atoms with E-state index in [0.717, 1.165) is 50.5 Å². The molecule has 340 valence electrons. The van der Waals surface area contributed by atoms with E-state index in [-0.39, 0.29) is 62.5 Å². The van der Waals surface area contributed by atoms with Crippen LogP contribution in [0.5, 0.6) is 0 Å². The highest BCUT2D eigenvalue weighted by Crippen LogP contribution is 2.42. The Balaban J connectivity index is 1.26. The Kier molecular flexibility index (Phi) is 14.2. The number of thiazole rings is 1. The zero-order chi connectivity index (χ0) is 45.2. The van der Waals surface area contributed by atoms with E-state index in [1.54, 1.807) is 25.3 Å². The van der Waals surface area contributed by atoms with E-state index < -0.39 is 29.3 Å². The molecular weight excluding hydrogens is 826 g/mol. The van der Waals surface area contributed by atoms with Crippen LogP contribution in [0.15, 0.2) is 41.9 Å². The third-order valence-electron chi connectivity index (χ3n) is 12.8. The number of amides is 4. The van der Waals surface area contributed by atoms with Crippen molar-refractivity contribution in [3.63, 3.8) is 0 Å². The van der Waals surface area contributed by atoms with E-state index >= 15 is 0 Å². The van der Waals surface area contributed by atoms with Crippen molar-refractivity contribution in [2.75, 3.05) is 46.9 Å². The molecule has 5 atom stereocenters. The Bertz CT molecular complexity index is 2310. The molecule has 2 saturated heterocycles. The number of hydrogen-bond donors (Lipinski definition) is 3. The molecule has 0 spiro atoms. The fraction of sp³-hybridized carbons (Fsp3) is 0.565. The van der Waals surface area contributed by atoms with Gasteiger partial charge in [0.05, 0.1) is 40.8 Å². The standard InChI is InChI=1S/C46H62FN9O6S/c1-9-54-36-16-15-29-19-32(36)33(42(54)31-13-12-17-49-40(31)28(4)61-8)21-46(5,6)26-62-39(57)14-10-11-18-56(52-47)44(59)34(20-38-50-35(29)25-63-38)51-43(58)41(27(2)3)53(7)45(60)55-24-30-22-48-23-37(30)55/h12-13,15-17,19,25,27-28,30,34,37,41,48,52H,9-11,14,18,20-24,26H2,1-8H3,(H,51,58)/t28-,30+,34-,37+,41?/m0/s1. The number of likely N-dealkylation sites (tertiary alicyclic amines) is 1. The van der Waals surface area contributed by atoms with E-state index in [1.165, 1.54) is 21.9 Å². The number of nitrogens with zero attached hydrogens (tertiary/aromatic N) is 6. The Morgan fingerprint density at radius 1 is 1.16 bits per heavy atom. The van der Waals surface area contributed by atoms with Crippen molar-refractivity contribution in [3.05, 3.63) is 58.2 Å². The number of esters is 1. The lowest BCUT2D eigenvalue weighted by atomic mass is 9.84. The van der Waals surface area contributed by atoms with Gasteiger partial charge in [0, 0.05) is 105 Å². The number of urea groups is 1. The highest BCUT2D eigenvalue weighted by atomic mass is 32.1. The first-order chi connectivity index (χ1) is 30.2. The molecule has 3 aliphatic rings. The zero-order valence-corrected chi connectivity index (χ0v) is 38.5. The van der Waals surface area contributed by atoms with Crippen LogP contribution in [0.4, 0.5) is 9.28 Å². The van der Waals surface area contributed by atoms with E-state index in [0.29, 0.717) is 49.1 Å². The number of aryl methyl sites for hydroxylation is 1. The molecule has 6 heterocycles. The monoisotopic (exact) mass is 887 g/mol. The summed E-state index contributed by atoms with van der Waals surface area (Å²) in [5.74, 6) is -1.52. The number of methoxy groups -OCH3 is 1. The lowest BCUT2D eigenvalue weighted by molar-refractivity contribution is -0.147. The predicted molar refractivity (Wildman–Crippen MR) is 240 cm³/mol. The van der Waals surface area contributed by atoms with Gasteiger partial charge in [-0.3, -0.25) is 19.4 Å². The summed E-state index contributed by atoms with van der Waals surface area (Å²) in [6.45, 7) is 14.9. The van der Waals surface area contributed by atoms with Crippen molar-refractivity contribution in [2.24, 2.45) is 17.3 Å². The van der Waals surface area contributed by atoms with Crippen LogP contribution in [0.2, 0.25) is 0 Å². The minimum Gasteiger partial charge on any atom is -0.465 e. The number of hydrazine groups is 1. The minimum absolute atomic E-state index is 0.0245. The number of halogens is 1. The summed E-state index contributed by atoms with van der Waals surface area (Å²) in [6, 6.07) is 7.98. The molecule has 1 unspecified atom stereocenters. The predicted octanol–water partition coefficient (Wildman–Crippen LogP) is 6.07. The molecule has 2 fully saturated rings. The summed E-state index contributed by atoms with van der Waals surface area (Å²) >= 11 is 1.35. The van der Waals surface area contributed by atoms with Crippen molar-refractivity contribution in [1.29, 1.82) is 0 Å². The van der Waals surface area contributed by atoms with Gasteiger partial charge in [0.25, 0.3) is 5.91 Å². The lowest BCUT2D eigenvalue weighted by Gasteiger charge is -2.46. The van der Waals surface area contributed by atoms with Gasteiger partial charge in [-0.2, -0.15) is 0 Å². The number of ether oxygens (including phenoxy) is 2. The van der Waals surface area contributed by atoms with Gasteiger partial charge in [0.15, 0.2) is 0 Å². The van der Waals surface area contributed by atoms with Gasteiger partial charge in [-0.05, 0) is 68.9 Å². The average molecular weight is 888 g/mol. The first kappa shape index (κ1) is 46.0. The minimum atomic E-state index is -1.23. The molecular formula is C46H62FN9O6S. The van der Waals surface area contributed by atoms with Gasteiger partial charge in [0.2, 0.25) is 5.91 Å². The van der Waals surface area contributed by atoms with Crippen LogP contribution in [-0.2, 0) is 43.2 Å². The molecule has 0 aliphatic carbocycles. The Morgan fingerprint density at radius 2 is 1.95 bits per heavy atom. The van der Waals surface area contributed by atoms with E-state index in [1.807, 2.05) is 38.3 Å². The molecule has 1 aromatic carbocycles. The Morgan fingerprint density at radius 3 is 2.67 bits per heavy atom. The molecule has 0 saturated carbocycles. The maximum Gasteiger partial charge on any atom is 0.320 e. The van der Waals surface area contributed by atoms with Crippen LogP contribution in [0.1, 0.15) is 83.2 Å². The highest BCUT2D eigenvalue weighted by Gasteiger charge is 2.47. The maximum absolute atomic E-state index is 14.5. The quantitative estimate of drug-likeness (QED) is 0.133. The van der Waals surface area contributed by atoms with Gasteiger partial charge < -0.3 is 34.5 Å². The number of aromatic nitrogens is 3. The van der Waals surface area contributed by atoms with Gasteiger partial charge in [-0.1, -0.05) is 39.4 Å². The maximum atomic E-state index is 14.5. The average Bonchev–Trinajstić information content (AvgIpc) is 3.96. The number of pyridine rings is 1. The van der Waals surface area contributed by atoms with E-state index in [9.17, 15) is 23.7 Å². The van der Waals surface area contributed by atoms with Crippen molar-refractivity contribution < 1.29 is 33.1 Å². The summed E-state index contributed by atoms with van der Waals surface area (Å²) in [6.07, 6.45) is 2.77. The number of rotatable bonds is 9. The van der Waals surface area contributed by atoms with Crippen molar-refractivity contribution in [1.82, 2.24) is 45.6 Å². The summed E-state index contributed by atoms with van der Waals surface area (Å²) in [4.78, 5) is 68.4. The molecule has 0 radical (unpaired) electrons. The van der Waals surface area contributed by atoms with Crippen LogP contribution in [0.25, 0.3) is 33.4 Å². The number of likely N-dealkylation sites (N-methyl/N-ethyl adjacent to an activating group) is 1. The van der Waals surface area contributed by atoms with E-state index in [4.69, 9.17) is 19.4 Å². The SMILES string of the molecule is CCn1c(-c2cccnc2[C@H](C)OC)c2c3cc(ccc31)-c1csc(n1)C[C@H](NC(=O)C(C(C)C)N(C)C(=O)N1C[C@H]3CNC[C@H]31)C(=O)N(NF)CCCCC(=O)OCC(C)(C)C2. The van der Waals surface area contributed by atoms with Crippen molar-refractivity contribution >= 4 is 46.1 Å². The van der Waals surface area contributed by atoms with Crippen LogP contribution in [0.3, 0.4) is 0 Å². The van der Waals surface area contributed by atoms with Gasteiger partial charge in [0.1, 0.15) is 12.1 Å². The summed E-state index contributed by atoms with van der Waals surface area (Å²) < 4.78 is 28.5. The molecule has 3 N–H and O–H groups in total. The second kappa shape index (κ2) is 19.4. The zero-order valence-electron chi connectivity index (χ0n) is 37.7. The number of nitrogens with one attached hydrogen (secondary N) is 3.